The summed E-state index contributed by atoms with van der Waals surface area (Å²) in [6.45, 7) is 4.46. The third-order valence-corrected chi connectivity index (χ3v) is 7.46. The van der Waals surface area contributed by atoms with Gasteiger partial charge in [0, 0.05) is 40.8 Å². The molecule has 0 bridgehead atoms. The largest absolute Gasteiger partial charge is 0.491 e. The van der Waals surface area contributed by atoms with Gasteiger partial charge in [-0.3, -0.25) is 4.79 Å². The van der Waals surface area contributed by atoms with Crippen LogP contribution < -0.4 is 10.1 Å². The van der Waals surface area contributed by atoms with Gasteiger partial charge in [-0.1, -0.05) is 35.3 Å². The number of ether oxygens (including phenoxy) is 1. The molecule has 31 heavy (non-hydrogen) atoms. The fourth-order valence-corrected chi connectivity index (χ4v) is 5.64. The maximum Gasteiger partial charge on any atom is 0.227 e. The number of hydrogen-bond donors (Lipinski definition) is 1. The van der Waals surface area contributed by atoms with E-state index >= 15 is 0 Å². The molecule has 0 saturated carbocycles. The molecule has 0 unspecified atom stereocenters. The summed E-state index contributed by atoms with van der Waals surface area (Å²) in [7, 11) is -3.54. The van der Waals surface area contributed by atoms with E-state index in [-0.39, 0.29) is 23.7 Å². The quantitative estimate of drug-likeness (QED) is 0.602. The lowest BCUT2D eigenvalue weighted by Gasteiger charge is -2.30. The smallest absolute Gasteiger partial charge is 0.227 e. The van der Waals surface area contributed by atoms with Gasteiger partial charge in [0.15, 0.2) is 0 Å². The molecular weight excluding hydrogens is 459 g/mol. The van der Waals surface area contributed by atoms with Crippen LogP contribution in [-0.4, -0.2) is 37.8 Å². The lowest BCUT2D eigenvalue weighted by Crippen LogP contribution is -2.41. The van der Waals surface area contributed by atoms with Crippen LogP contribution in [0.3, 0.4) is 0 Å². The Balaban J connectivity index is 1.56. The van der Waals surface area contributed by atoms with E-state index < -0.39 is 10.0 Å². The molecule has 1 N–H and O–H groups in total. The molecule has 1 saturated heterocycles. The molecule has 168 valence electrons. The lowest BCUT2D eigenvalue weighted by molar-refractivity contribution is -0.120. The molecule has 0 radical (unpaired) electrons. The average Bonchev–Trinajstić information content (AvgIpc) is 2.70. The summed E-state index contributed by atoms with van der Waals surface area (Å²) in [6, 6.07) is 12.0. The number of carbonyl (C=O) groups is 1. The molecule has 9 heteroatoms. The van der Waals surface area contributed by atoms with Gasteiger partial charge in [-0.05, 0) is 56.5 Å². The maximum absolute atomic E-state index is 12.8. The Kier molecular flexibility index (Phi) is 7.86. The van der Waals surface area contributed by atoms with Gasteiger partial charge in [0.05, 0.1) is 11.9 Å². The third-order valence-electron chi connectivity index (χ3n) is 5.04. The SMILES string of the molecule is CC(C)Oc1cccc(NC(=O)C2CCN(S(=O)(=O)Cc3ccc(Cl)cc3Cl)CC2)c1. The summed E-state index contributed by atoms with van der Waals surface area (Å²) < 4.78 is 32.7. The van der Waals surface area contributed by atoms with E-state index in [9.17, 15) is 13.2 Å². The zero-order chi connectivity index (χ0) is 22.6. The van der Waals surface area contributed by atoms with Crippen LogP contribution in [0.2, 0.25) is 10.0 Å². The molecule has 1 fully saturated rings. The van der Waals surface area contributed by atoms with Gasteiger partial charge in [-0.2, -0.15) is 0 Å². The second-order valence-electron chi connectivity index (χ2n) is 7.85. The zero-order valence-electron chi connectivity index (χ0n) is 17.5. The second kappa shape index (κ2) is 10.2. The monoisotopic (exact) mass is 484 g/mol. The standard InChI is InChI=1S/C22H26Cl2N2O4S/c1-15(2)30-20-5-3-4-19(13-20)25-22(27)16-8-10-26(11-9-16)31(28,29)14-17-6-7-18(23)12-21(17)24/h3-7,12-13,15-16H,8-11,14H2,1-2H3,(H,25,27). The first-order chi connectivity index (χ1) is 14.6. The molecule has 1 aliphatic rings. The predicted molar refractivity (Wildman–Crippen MR) is 124 cm³/mol. The van der Waals surface area contributed by atoms with Crippen molar-refractivity contribution < 1.29 is 17.9 Å². The van der Waals surface area contributed by atoms with Gasteiger partial charge in [0.25, 0.3) is 0 Å². The van der Waals surface area contributed by atoms with Crippen molar-refractivity contribution >= 4 is 44.8 Å². The van der Waals surface area contributed by atoms with Crippen LogP contribution in [0.1, 0.15) is 32.3 Å². The van der Waals surface area contributed by atoms with Crippen molar-refractivity contribution in [2.24, 2.45) is 5.92 Å². The molecule has 1 amide bonds. The molecule has 6 nitrogen and oxygen atoms in total. The number of benzene rings is 2. The Labute approximate surface area is 193 Å². The van der Waals surface area contributed by atoms with Crippen molar-refractivity contribution in [1.82, 2.24) is 4.31 Å². The van der Waals surface area contributed by atoms with Gasteiger partial charge in [0.2, 0.25) is 15.9 Å². The fraction of sp³-hybridized carbons (Fsp3) is 0.409. The third kappa shape index (κ3) is 6.59. The maximum atomic E-state index is 12.8. The minimum absolute atomic E-state index is 0.0416. The van der Waals surface area contributed by atoms with Crippen LogP contribution in [0.5, 0.6) is 5.75 Å². The van der Waals surface area contributed by atoms with Crippen molar-refractivity contribution in [3.8, 4) is 5.75 Å². The lowest BCUT2D eigenvalue weighted by atomic mass is 9.97. The molecule has 2 aromatic carbocycles. The van der Waals surface area contributed by atoms with Crippen LogP contribution in [0.4, 0.5) is 5.69 Å². The molecule has 1 heterocycles. The van der Waals surface area contributed by atoms with E-state index in [1.807, 2.05) is 26.0 Å². The number of piperidine rings is 1. The van der Waals surface area contributed by atoms with Gasteiger partial charge in [-0.25, -0.2) is 12.7 Å². The first-order valence-corrected chi connectivity index (χ1v) is 12.5. The normalized spacial score (nSPS) is 15.8. The number of rotatable bonds is 7. The van der Waals surface area contributed by atoms with Gasteiger partial charge in [-0.15, -0.1) is 0 Å². The molecule has 3 rings (SSSR count). The van der Waals surface area contributed by atoms with Crippen LogP contribution in [0.15, 0.2) is 42.5 Å². The van der Waals surface area contributed by atoms with E-state index in [2.05, 4.69) is 5.32 Å². The second-order valence-corrected chi connectivity index (χ2v) is 10.7. The number of nitrogens with zero attached hydrogens (tertiary/aromatic N) is 1. The van der Waals surface area contributed by atoms with Gasteiger partial charge >= 0.3 is 0 Å². The van der Waals surface area contributed by atoms with Crippen molar-refractivity contribution in [3.63, 3.8) is 0 Å². The first-order valence-electron chi connectivity index (χ1n) is 10.1. The summed E-state index contributed by atoms with van der Waals surface area (Å²) in [5.41, 5.74) is 1.17. The Morgan fingerprint density at radius 3 is 2.52 bits per heavy atom. The van der Waals surface area contributed by atoms with Crippen LogP contribution in [-0.2, 0) is 20.6 Å². The Morgan fingerprint density at radius 2 is 1.87 bits per heavy atom. The minimum atomic E-state index is -3.54. The van der Waals surface area contributed by atoms with Crippen LogP contribution in [0.25, 0.3) is 0 Å². The molecule has 0 aliphatic carbocycles. The first kappa shape index (κ1) is 23.9. The van der Waals surface area contributed by atoms with Crippen LogP contribution in [0, 0.1) is 5.92 Å². The number of carbonyl (C=O) groups excluding carboxylic acids is 1. The average molecular weight is 485 g/mol. The van der Waals surface area contributed by atoms with Crippen molar-refractivity contribution in [3.05, 3.63) is 58.1 Å². The van der Waals surface area contributed by atoms with E-state index in [1.165, 1.54) is 10.4 Å². The summed E-state index contributed by atoms with van der Waals surface area (Å²) in [4.78, 5) is 12.7. The summed E-state index contributed by atoms with van der Waals surface area (Å²) in [6.07, 6.45) is 0.961. The molecule has 0 aromatic heterocycles. The Morgan fingerprint density at radius 1 is 1.16 bits per heavy atom. The number of amides is 1. The Bertz CT molecular complexity index is 1040. The number of hydrogen-bond acceptors (Lipinski definition) is 4. The number of nitrogens with one attached hydrogen (secondary N) is 1. The van der Waals surface area contributed by atoms with Crippen molar-refractivity contribution in [1.29, 1.82) is 0 Å². The number of anilines is 1. The summed E-state index contributed by atoms with van der Waals surface area (Å²) in [5, 5.41) is 3.70. The predicted octanol–water partition coefficient (Wildman–Crippen LogP) is 4.96. The van der Waals surface area contributed by atoms with Gasteiger partial charge < -0.3 is 10.1 Å². The van der Waals surface area contributed by atoms with E-state index in [0.29, 0.717) is 53.0 Å². The zero-order valence-corrected chi connectivity index (χ0v) is 19.8. The number of sulfonamides is 1. The van der Waals surface area contributed by atoms with Crippen LogP contribution >= 0.6 is 23.2 Å². The highest BCUT2D eigenvalue weighted by Gasteiger charge is 2.31. The summed E-state index contributed by atoms with van der Waals surface area (Å²) in [5.74, 6) is 0.136. The number of halogens is 2. The van der Waals surface area contributed by atoms with Gasteiger partial charge in [0.1, 0.15) is 5.75 Å². The van der Waals surface area contributed by atoms with Crippen molar-refractivity contribution in [2.45, 2.75) is 38.5 Å². The van der Waals surface area contributed by atoms with E-state index in [0.717, 1.165) is 0 Å². The molecule has 2 aromatic rings. The topological polar surface area (TPSA) is 75.7 Å². The highest BCUT2D eigenvalue weighted by atomic mass is 35.5. The summed E-state index contributed by atoms with van der Waals surface area (Å²) >= 11 is 12.0. The molecule has 1 aliphatic heterocycles. The molecule has 0 spiro atoms. The minimum Gasteiger partial charge on any atom is -0.491 e. The molecular formula is C22H26Cl2N2O4S. The van der Waals surface area contributed by atoms with E-state index in [4.69, 9.17) is 27.9 Å². The fourth-order valence-electron chi connectivity index (χ4n) is 3.49. The molecule has 0 atom stereocenters. The van der Waals surface area contributed by atoms with E-state index in [1.54, 1.807) is 24.3 Å². The highest BCUT2D eigenvalue weighted by molar-refractivity contribution is 7.88. The Hall–Kier alpha value is -1.80. The van der Waals surface area contributed by atoms with Crippen molar-refractivity contribution in [2.75, 3.05) is 18.4 Å². The highest BCUT2D eigenvalue weighted by Crippen LogP contribution is 2.27.